The summed E-state index contributed by atoms with van der Waals surface area (Å²) in [4.78, 5) is 10.5. The number of aromatic amines is 1. The number of furan rings is 1. The molecule has 2 heterocycles. The van der Waals surface area contributed by atoms with Gasteiger partial charge in [0.25, 0.3) is 0 Å². The smallest absolute Gasteiger partial charge is 0.367 e. The first-order chi connectivity index (χ1) is 4.38. The van der Waals surface area contributed by atoms with Crippen LogP contribution in [0.4, 0.5) is 0 Å². The quantitative estimate of drug-likeness (QED) is 0.541. The van der Waals surface area contributed by atoms with Gasteiger partial charge in [-0.15, -0.1) is 0 Å². The summed E-state index contributed by atoms with van der Waals surface area (Å²) in [6.45, 7) is 0. The number of H-pyrrole nitrogens is 1. The number of nitrogens with zero attached hydrogens (tertiary/aromatic N) is 1. The van der Waals surface area contributed by atoms with Gasteiger partial charge in [-0.1, -0.05) is 0 Å². The van der Waals surface area contributed by atoms with Crippen molar-refractivity contribution in [3.05, 3.63) is 16.7 Å². The molecule has 0 bridgehead atoms. The molecule has 0 aromatic heterocycles. The van der Waals surface area contributed by atoms with Crippen LogP contribution < -0.4 is 5.63 Å². The first-order valence-electron chi connectivity index (χ1n) is 2.29. The van der Waals surface area contributed by atoms with Crippen molar-refractivity contribution in [2.75, 3.05) is 0 Å². The van der Waals surface area contributed by atoms with Crippen LogP contribution in [-0.4, -0.2) is 10.3 Å². The second kappa shape index (κ2) is 1.25. The molecule has 0 fully saturated rings. The molecule has 5 heteroatoms. The van der Waals surface area contributed by atoms with E-state index < -0.39 is 5.63 Å². The predicted molar refractivity (Wildman–Crippen MR) is 26.0 cm³/mol. The van der Waals surface area contributed by atoms with Gasteiger partial charge in [0.1, 0.15) is 12.0 Å². The molecule has 2 rings (SSSR count). The van der Waals surface area contributed by atoms with Crippen LogP contribution in [0.15, 0.2) is 20.1 Å². The molecular formula is C4H2N2O3. The Kier molecular flexibility index (Phi) is 0.606. The van der Waals surface area contributed by atoms with E-state index in [9.17, 15) is 4.79 Å². The summed E-state index contributed by atoms with van der Waals surface area (Å²) in [5.74, 6) is 0. The average Bonchev–Trinajstić information content (AvgIpc) is 2.35. The molecule has 0 aromatic carbocycles. The summed E-state index contributed by atoms with van der Waals surface area (Å²) in [5, 5.41) is 5.70. The van der Waals surface area contributed by atoms with E-state index in [-0.39, 0.29) is 5.69 Å². The third-order valence-corrected chi connectivity index (χ3v) is 1.02. The third-order valence-electron chi connectivity index (χ3n) is 1.02. The number of hydrogen-bond donors (Lipinski definition) is 1. The van der Waals surface area contributed by atoms with Gasteiger partial charge in [-0.2, -0.15) is 5.16 Å². The van der Waals surface area contributed by atoms with E-state index in [2.05, 4.69) is 19.4 Å². The highest BCUT2D eigenvalue weighted by atomic mass is 16.6. The number of aromatic nitrogens is 2. The zero-order valence-electron chi connectivity index (χ0n) is 4.25. The van der Waals surface area contributed by atoms with Gasteiger partial charge in [0.2, 0.25) is 5.69 Å². The topological polar surface area (TPSA) is 72.0 Å². The Labute approximate surface area is 48.6 Å². The fraction of sp³-hybridized carbons (Fsp3) is 0. The summed E-state index contributed by atoms with van der Waals surface area (Å²) in [6.07, 6.45) is 1.26. The number of nitrogens with one attached hydrogen (secondary N) is 1. The van der Waals surface area contributed by atoms with Gasteiger partial charge in [0, 0.05) is 0 Å². The molecule has 0 aliphatic carbocycles. The van der Waals surface area contributed by atoms with Crippen molar-refractivity contribution in [1.82, 2.24) is 10.3 Å². The second-order valence-electron chi connectivity index (χ2n) is 1.57. The Hall–Kier alpha value is -1.52. The van der Waals surface area contributed by atoms with Crippen LogP contribution in [0.1, 0.15) is 0 Å². The van der Waals surface area contributed by atoms with Crippen LogP contribution >= 0.6 is 0 Å². The monoisotopic (exact) mass is 126 g/mol. The Morgan fingerprint density at radius 1 is 1.67 bits per heavy atom. The molecule has 0 spiro atoms. The number of hydrogen-bond acceptors (Lipinski definition) is 4. The van der Waals surface area contributed by atoms with E-state index in [1.54, 1.807) is 0 Å². The third kappa shape index (κ3) is 0.426. The highest BCUT2D eigenvalue weighted by molar-refractivity contribution is 5.49. The van der Waals surface area contributed by atoms with Gasteiger partial charge in [-0.05, 0) is 5.16 Å². The maximum atomic E-state index is 10.5. The van der Waals surface area contributed by atoms with Crippen molar-refractivity contribution in [2.24, 2.45) is 0 Å². The standard InChI is InChI=1S/C4H2N2O3/c7-4-3-2(1-8-4)5-9-6-3/h1,5H. The van der Waals surface area contributed by atoms with Crippen molar-refractivity contribution < 1.29 is 9.05 Å². The van der Waals surface area contributed by atoms with Crippen molar-refractivity contribution >= 4 is 0 Å². The molecule has 0 atom stereocenters. The molecule has 46 valence electrons. The molecule has 0 radical (unpaired) electrons. The molecule has 0 amide bonds. The summed E-state index contributed by atoms with van der Waals surface area (Å²) >= 11 is 0. The van der Waals surface area contributed by atoms with Gasteiger partial charge < -0.3 is 4.42 Å². The van der Waals surface area contributed by atoms with E-state index in [1.807, 2.05) is 0 Å². The fourth-order valence-corrected chi connectivity index (χ4v) is 0.611. The Morgan fingerprint density at radius 2 is 2.56 bits per heavy atom. The predicted octanol–water partition coefficient (Wildman–Crippen LogP) is 0.0607. The summed E-state index contributed by atoms with van der Waals surface area (Å²) < 4.78 is 8.80. The van der Waals surface area contributed by atoms with E-state index in [0.29, 0.717) is 5.69 Å². The lowest BCUT2D eigenvalue weighted by atomic mass is 10.4. The molecule has 2 aliphatic rings. The zero-order valence-corrected chi connectivity index (χ0v) is 4.25. The molecule has 1 N–H and O–H groups in total. The van der Waals surface area contributed by atoms with Gasteiger partial charge >= 0.3 is 5.63 Å². The molecule has 5 nitrogen and oxygen atoms in total. The van der Waals surface area contributed by atoms with Crippen LogP contribution in [0.5, 0.6) is 0 Å². The lowest BCUT2D eigenvalue weighted by Crippen LogP contribution is -1.93. The van der Waals surface area contributed by atoms with Crippen LogP contribution in [0, 0.1) is 0 Å². The van der Waals surface area contributed by atoms with Crippen molar-refractivity contribution in [3.63, 3.8) is 0 Å². The van der Waals surface area contributed by atoms with Crippen LogP contribution in [-0.2, 0) is 0 Å². The average molecular weight is 126 g/mol. The molecule has 0 saturated heterocycles. The van der Waals surface area contributed by atoms with E-state index in [4.69, 9.17) is 0 Å². The summed E-state index contributed by atoms with van der Waals surface area (Å²) in [7, 11) is 0. The number of rotatable bonds is 0. The molecule has 0 saturated carbocycles. The molecular weight excluding hydrogens is 124 g/mol. The van der Waals surface area contributed by atoms with E-state index >= 15 is 0 Å². The lowest BCUT2D eigenvalue weighted by molar-refractivity contribution is 0.308. The van der Waals surface area contributed by atoms with E-state index in [0.717, 1.165) is 0 Å². The summed E-state index contributed by atoms with van der Waals surface area (Å²) in [5.41, 5.74) is 0.213. The van der Waals surface area contributed by atoms with Gasteiger partial charge in [0.05, 0.1) is 0 Å². The van der Waals surface area contributed by atoms with Crippen molar-refractivity contribution in [2.45, 2.75) is 0 Å². The maximum absolute atomic E-state index is 10.5. The van der Waals surface area contributed by atoms with Gasteiger partial charge in [-0.3, -0.25) is 4.63 Å². The maximum Gasteiger partial charge on any atom is 0.367 e. The SMILES string of the molecule is O=c1occ2[nH]onc1-2. The molecule has 9 heavy (non-hydrogen) atoms. The Morgan fingerprint density at radius 3 is 3.33 bits per heavy atom. The summed E-state index contributed by atoms with van der Waals surface area (Å²) in [6, 6.07) is 0. The normalized spacial score (nSPS) is 10.7. The van der Waals surface area contributed by atoms with Gasteiger partial charge in [-0.25, -0.2) is 4.79 Å². The number of fused-ring (bicyclic) bond motifs is 1. The molecule has 2 aliphatic heterocycles. The zero-order chi connectivity index (χ0) is 6.27. The highest BCUT2D eigenvalue weighted by Gasteiger charge is 2.13. The fourth-order valence-electron chi connectivity index (χ4n) is 0.611. The van der Waals surface area contributed by atoms with Crippen molar-refractivity contribution in [3.8, 4) is 11.4 Å². The molecule has 0 unspecified atom stereocenters. The first kappa shape index (κ1) is 4.37. The molecule has 0 aromatic rings. The minimum Gasteiger partial charge on any atom is -0.427 e. The lowest BCUT2D eigenvalue weighted by Gasteiger charge is -1.65. The van der Waals surface area contributed by atoms with Gasteiger partial charge in [0.15, 0.2) is 0 Å². The van der Waals surface area contributed by atoms with Crippen molar-refractivity contribution in [1.29, 1.82) is 0 Å². The first-order valence-corrected chi connectivity index (χ1v) is 2.29. The minimum atomic E-state index is -0.477. The Balaban J connectivity index is 2.95. The minimum absolute atomic E-state index is 0.204. The van der Waals surface area contributed by atoms with Crippen LogP contribution in [0.2, 0.25) is 0 Å². The van der Waals surface area contributed by atoms with E-state index in [1.165, 1.54) is 6.26 Å². The second-order valence-corrected chi connectivity index (χ2v) is 1.57. The highest BCUT2D eigenvalue weighted by Crippen LogP contribution is 2.09. The van der Waals surface area contributed by atoms with Crippen LogP contribution in [0.3, 0.4) is 0 Å². The Bertz CT molecular complexity index is 330. The largest absolute Gasteiger partial charge is 0.427 e. The van der Waals surface area contributed by atoms with Crippen LogP contribution in [0.25, 0.3) is 11.4 Å².